The van der Waals surface area contributed by atoms with Crippen LogP contribution in [0.15, 0.2) is 18.2 Å². The standard InChI is InChI=1S/C14H18F2N2O2/c1-14(13(19)20,18-7-2-5-17-6-8-18)11-4-3-10(15)9-12(11)16/h3-4,9,17H,2,5-8H2,1H3,(H,19,20). The molecule has 4 nitrogen and oxygen atoms in total. The van der Waals surface area contributed by atoms with Gasteiger partial charge in [-0.25, -0.2) is 13.6 Å². The second kappa shape index (κ2) is 5.85. The van der Waals surface area contributed by atoms with Crippen LogP contribution in [0.25, 0.3) is 0 Å². The zero-order valence-corrected chi connectivity index (χ0v) is 11.3. The fourth-order valence-electron chi connectivity index (χ4n) is 2.60. The van der Waals surface area contributed by atoms with Crippen LogP contribution in [0, 0.1) is 11.6 Å². The van der Waals surface area contributed by atoms with Gasteiger partial charge >= 0.3 is 5.97 Å². The molecule has 2 rings (SSSR count). The van der Waals surface area contributed by atoms with Crippen molar-refractivity contribution in [2.45, 2.75) is 18.9 Å². The van der Waals surface area contributed by atoms with Crippen LogP contribution in [0.3, 0.4) is 0 Å². The minimum absolute atomic E-state index is 0.00620. The molecule has 1 saturated heterocycles. The van der Waals surface area contributed by atoms with E-state index in [-0.39, 0.29) is 5.56 Å². The Morgan fingerprint density at radius 2 is 2.10 bits per heavy atom. The number of halogens is 2. The SMILES string of the molecule is CC(C(=O)O)(c1ccc(F)cc1F)N1CCCNCC1. The molecule has 0 bridgehead atoms. The Kier molecular flexibility index (Phi) is 4.35. The molecule has 1 aliphatic heterocycles. The minimum Gasteiger partial charge on any atom is -0.480 e. The monoisotopic (exact) mass is 284 g/mol. The molecule has 0 spiro atoms. The number of nitrogens with one attached hydrogen (secondary N) is 1. The Balaban J connectivity index is 2.44. The molecular formula is C14H18F2N2O2. The quantitative estimate of drug-likeness (QED) is 0.884. The Bertz CT molecular complexity index is 502. The van der Waals surface area contributed by atoms with E-state index in [1.165, 1.54) is 13.0 Å². The van der Waals surface area contributed by atoms with E-state index in [9.17, 15) is 18.7 Å². The number of carbonyl (C=O) groups is 1. The zero-order valence-electron chi connectivity index (χ0n) is 11.3. The Labute approximate surface area is 116 Å². The number of rotatable bonds is 3. The molecule has 0 aliphatic carbocycles. The summed E-state index contributed by atoms with van der Waals surface area (Å²) in [5.41, 5.74) is -1.50. The van der Waals surface area contributed by atoms with Gasteiger partial charge in [0.1, 0.15) is 17.2 Å². The number of carboxylic acid groups (broad SMARTS) is 1. The third-order valence-corrected chi connectivity index (χ3v) is 3.84. The van der Waals surface area contributed by atoms with E-state index in [1.807, 2.05) is 0 Å². The van der Waals surface area contributed by atoms with Gasteiger partial charge in [-0.05, 0) is 26.0 Å². The third-order valence-electron chi connectivity index (χ3n) is 3.84. The smallest absolute Gasteiger partial charge is 0.328 e. The predicted molar refractivity (Wildman–Crippen MR) is 70.4 cm³/mol. The molecule has 0 radical (unpaired) electrons. The Hall–Kier alpha value is -1.53. The van der Waals surface area contributed by atoms with Crippen molar-refractivity contribution in [1.82, 2.24) is 10.2 Å². The van der Waals surface area contributed by atoms with Gasteiger partial charge in [0.2, 0.25) is 0 Å². The number of hydrogen-bond acceptors (Lipinski definition) is 3. The topological polar surface area (TPSA) is 52.6 Å². The maximum atomic E-state index is 14.0. The summed E-state index contributed by atoms with van der Waals surface area (Å²) in [6.07, 6.45) is 0.783. The molecule has 0 amide bonds. The van der Waals surface area contributed by atoms with Crippen molar-refractivity contribution in [3.05, 3.63) is 35.4 Å². The number of aliphatic carboxylic acids is 1. The highest BCUT2D eigenvalue weighted by atomic mass is 19.1. The molecule has 1 atom stereocenters. The Morgan fingerprint density at radius 3 is 2.75 bits per heavy atom. The second-order valence-corrected chi connectivity index (χ2v) is 5.09. The van der Waals surface area contributed by atoms with E-state index < -0.39 is 23.1 Å². The highest BCUT2D eigenvalue weighted by molar-refractivity contribution is 5.80. The molecule has 0 saturated carbocycles. The van der Waals surface area contributed by atoms with Crippen molar-refractivity contribution in [3.8, 4) is 0 Å². The first-order valence-corrected chi connectivity index (χ1v) is 6.61. The van der Waals surface area contributed by atoms with Gasteiger partial charge in [0.15, 0.2) is 0 Å². The summed E-state index contributed by atoms with van der Waals surface area (Å²) in [5, 5.41) is 12.8. The van der Waals surface area contributed by atoms with Crippen LogP contribution >= 0.6 is 0 Å². The number of benzene rings is 1. The van der Waals surface area contributed by atoms with Crippen molar-refractivity contribution in [1.29, 1.82) is 0 Å². The molecule has 1 fully saturated rings. The summed E-state index contributed by atoms with van der Waals surface area (Å²) >= 11 is 0. The van der Waals surface area contributed by atoms with Crippen LogP contribution in [0.2, 0.25) is 0 Å². The number of nitrogens with zero attached hydrogens (tertiary/aromatic N) is 1. The van der Waals surface area contributed by atoms with Gasteiger partial charge in [-0.15, -0.1) is 0 Å². The minimum atomic E-state index is -1.50. The van der Waals surface area contributed by atoms with Crippen molar-refractivity contribution in [2.24, 2.45) is 0 Å². The lowest BCUT2D eigenvalue weighted by Crippen LogP contribution is -2.51. The molecule has 20 heavy (non-hydrogen) atoms. The molecule has 1 aromatic rings. The lowest BCUT2D eigenvalue weighted by molar-refractivity contribution is -0.151. The number of carboxylic acids is 1. The van der Waals surface area contributed by atoms with E-state index in [0.29, 0.717) is 19.6 Å². The maximum absolute atomic E-state index is 14.0. The predicted octanol–water partition coefficient (Wildman–Crippen LogP) is 1.56. The average Bonchev–Trinajstić information content (AvgIpc) is 2.66. The second-order valence-electron chi connectivity index (χ2n) is 5.09. The fourth-order valence-corrected chi connectivity index (χ4v) is 2.60. The van der Waals surface area contributed by atoms with Gasteiger partial charge in [-0.1, -0.05) is 6.07 Å². The molecule has 1 aromatic carbocycles. The molecule has 6 heteroatoms. The lowest BCUT2D eigenvalue weighted by atomic mass is 9.89. The van der Waals surface area contributed by atoms with E-state index >= 15 is 0 Å². The van der Waals surface area contributed by atoms with Crippen LogP contribution in [0.1, 0.15) is 18.9 Å². The van der Waals surface area contributed by atoms with Crippen molar-refractivity contribution >= 4 is 5.97 Å². The van der Waals surface area contributed by atoms with E-state index in [0.717, 1.165) is 25.1 Å². The summed E-state index contributed by atoms with van der Waals surface area (Å²) in [6, 6.07) is 3.04. The summed E-state index contributed by atoms with van der Waals surface area (Å²) in [6.45, 7) is 3.97. The molecule has 1 unspecified atom stereocenters. The van der Waals surface area contributed by atoms with E-state index in [4.69, 9.17) is 0 Å². The highest BCUT2D eigenvalue weighted by Gasteiger charge is 2.43. The summed E-state index contributed by atoms with van der Waals surface area (Å²) in [5.74, 6) is -2.67. The van der Waals surface area contributed by atoms with Crippen LogP contribution in [-0.4, -0.2) is 42.2 Å². The maximum Gasteiger partial charge on any atom is 0.328 e. The first-order chi connectivity index (χ1) is 9.46. The molecule has 0 aromatic heterocycles. The zero-order chi connectivity index (χ0) is 14.8. The van der Waals surface area contributed by atoms with Gasteiger partial charge in [-0.3, -0.25) is 4.90 Å². The fraction of sp³-hybridized carbons (Fsp3) is 0.500. The number of hydrogen-bond donors (Lipinski definition) is 2. The normalized spacial score (nSPS) is 20.1. The molecular weight excluding hydrogens is 266 g/mol. The van der Waals surface area contributed by atoms with Crippen LogP contribution < -0.4 is 5.32 Å². The largest absolute Gasteiger partial charge is 0.480 e. The van der Waals surface area contributed by atoms with Crippen molar-refractivity contribution < 1.29 is 18.7 Å². The summed E-state index contributed by atoms with van der Waals surface area (Å²) < 4.78 is 27.0. The van der Waals surface area contributed by atoms with Gasteiger partial charge in [0.05, 0.1) is 0 Å². The van der Waals surface area contributed by atoms with E-state index in [1.54, 1.807) is 4.90 Å². The van der Waals surface area contributed by atoms with Crippen LogP contribution in [0.5, 0.6) is 0 Å². The molecule has 1 heterocycles. The first kappa shape index (κ1) is 14.9. The van der Waals surface area contributed by atoms with Gasteiger partial charge in [0, 0.05) is 31.3 Å². The molecule has 110 valence electrons. The average molecular weight is 284 g/mol. The van der Waals surface area contributed by atoms with Crippen LogP contribution in [-0.2, 0) is 10.3 Å². The van der Waals surface area contributed by atoms with Gasteiger partial charge in [0.25, 0.3) is 0 Å². The Morgan fingerprint density at radius 1 is 1.35 bits per heavy atom. The molecule has 2 N–H and O–H groups in total. The lowest BCUT2D eigenvalue weighted by Gasteiger charge is -2.37. The summed E-state index contributed by atoms with van der Waals surface area (Å²) in [4.78, 5) is 13.5. The first-order valence-electron chi connectivity index (χ1n) is 6.61. The summed E-state index contributed by atoms with van der Waals surface area (Å²) in [7, 11) is 0. The van der Waals surface area contributed by atoms with Gasteiger partial charge < -0.3 is 10.4 Å². The van der Waals surface area contributed by atoms with Crippen molar-refractivity contribution in [3.63, 3.8) is 0 Å². The van der Waals surface area contributed by atoms with Crippen molar-refractivity contribution in [2.75, 3.05) is 26.2 Å². The highest BCUT2D eigenvalue weighted by Crippen LogP contribution is 2.31. The third kappa shape index (κ3) is 2.66. The molecule has 1 aliphatic rings. The van der Waals surface area contributed by atoms with E-state index in [2.05, 4.69) is 5.32 Å². The van der Waals surface area contributed by atoms with Gasteiger partial charge in [-0.2, -0.15) is 0 Å². The van der Waals surface area contributed by atoms with Crippen LogP contribution in [0.4, 0.5) is 8.78 Å².